The van der Waals surface area contributed by atoms with Crippen molar-refractivity contribution in [3.05, 3.63) is 58.6 Å². The third-order valence-corrected chi connectivity index (χ3v) is 3.14. The van der Waals surface area contributed by atoms with Crippen LogP contribution in [0, 0.1) is 12.3 Å². The molecular formula is C16H13BrN2O. The van der Waals surface area contributed by atoms with Gasteiger partial charge in [-0.15, -0.1) is 6.42 Å². The molecule has 0 bridgehead atoms. The molecule has 2 rings (SSSR count). The number of amides is 1. The first-order chi connectivity index (χ1) is 9.67. The molecule has 0 aromatic heterocycles. The molecular weight excluding hydrogens is 316 g/mol. The fourth-order valence-corrected chi connectivity index (χ4v) is 1.90. The molecule has 2 N–H and O–H groups in total. The molecule has 20 heavy (non-hydrogen) atoms. The Bertz CT molecular complexity index is 644. The molecule has 0 saturated carbocycles. The topological polar surface area (TPSA) is 41.1 Å². The lowest BCUT2D eigenvalue weighted by Crippen LogP contribution is -2.21. The maximum absolute atomic E-state index is 11.8. The van der Waals surface area contributed by atoms with Crippen molar-refractivity contribution in [1.82, 2.24) is 0 Å². The molecule has 0 spiro atoms. The number of hydrogen-bond acceptors (Lipinski definition) is 2. The molecule has 3 nitrogen and oxygen atoms in total. The SMILES string of the molecule is C#Cc1cccc(NCC(=O)Nc2ccc(Br)cc2)c1. The van der Waals surface area contributed by atoms with E-state index in [9.17, 15) is 4.79 Å². The molecule has 0 aliphatic heterocycles. The maximum Gasteiger partial charge on any atom is 0.243 e. The summed E-state index contributed by atoms with van der Waals surface area (Å²) in [7, 11) is 0. The van der Waals surface area contributed by atoms with Gasteiger partial charge in [-0.1, -0.05) is 27.9 Å². The van der Waals surface area contributed by atoms with Gasteiger partial charge in [0, 0.05) is 21.4 Å². The number of terminal acetylenes is 1. The van der Waals surface area contributed by atoms with E-state index in [2.05, 4.69) is 32.5 Å². The Balaban J connectivity index is 1.89. The predicted octanol–water partition coefficient (Wildman–Crippen LogP) is 3.48. The summed E-state index contributed by atoms with van der Waals surface area (Å²) in [6, 6.07) is 14.8. The second-order valence-electron chi connectivity index (χ2n) is 4.13. The molecule has 0 radical (unpaired) electrons. The number of anilines is 2. The lowest BCUT2D eigenvalue weighted by molar-refractivity contribution is -0.114. The van der Waals surface area contributed by atoms with Crippen molar-refractivity contribution in [3.63, 3.8) is 0 Å². The summed E-state index contributed by atoms with van der Waals surface area (Å²) >= 11 is 3.35. The van der Waals surface area contributed by atoms with Crippen molar-refractivity contribution in [3.8, 4) is 12.3 Å². The van der Waals surface area contributed by atoms with Crippen molar-refractivity contribution in [2.75, 3.05) is 17.2 Å². The van der Waals surface area contributed by atoms with E-state index in [1.165, 1.54) is 0 Å². The molecule has 0 saturated heterocycles. The van der Waals surface area contributed by atoms with E-state index in [1.807, 2.05) is 48.5 Å². The lowest BCUT2D eigenvalue weighted by atomic mass is 10.2. The van der Waals surface area contributed by atoms with Crippen molar-refractivity contribution in [2.45, 2.75) is 0 Å². The molecule has 0 atom stereocenters. The first-order valence-electron chi connectivity index (χ1n) is 6.03. The van der Waals surface area contributed by atoms with Gasteiger partial charge in [-0.3, -0.25) is 4.79 Å². The Morgan fingerprint density at radius 1 is 1.15 bits per heavy atom. The third kappa shape index (κ3) is 4.15. The van der Waals surface area contributed by atoms with Crippen LogP contribution in [0.1, 0.15) is 5.56 Å². The third-order valence-electron chi connectivity index (χ3n) is 2.61. The van der Waals surface area contributed by atoms with Gasteiger partial charge in [0.25, 0.3) is 0 Å². The number of nitrogens with one attached hydrogen (secondary N) is 2. The van der Waals surface area contributed by atoms with Gasteiger partial charge in [-0.05, 0) is 42.5 Å². The summed E-state index contributed by atoms with van der Waals surface area (Å²) in [5.41, 5.74) is 2.37. The van der Waals surface area contributed by atoms with Crippen LogP contribution in [0.25, 0.3) is 0 Å². The quantitative estimate of drug-likeness (QED) is 0.843. The molecule has 2 aromatic carbocycles. The van der Waals surface area contributed by atoms with Crippen LogP contribution in [0.3, 0.4) is 0 Å². The van der Waals surface area contributed by atoms with E-state index in [1.54, 1.807) is 0 Å². The zero-order chi connectivity index (χ0) is 14.4. The minimum atomic E-state index is -0.113. The van der Waals surface area contributed by atoms with Gasteiger partial charge in [0.15, 0.2) is 0 Å². The molecule has 2 aromatic rings. The van der Waals surface area contributed by atoms with Crippen LogP contribution in [-0.2, 0) is 4.79 Å². The summed E-state index contributed by atoms with van der Waals surface area (Å²) in [5.74, 6) is 2.44. The molecule has 0 heterocycles. The van der Waals surface area contributed by atoms with E-state index < -0.39 is 0 Å². The molecule has 0 aliphatic carbocycles. The van der Waals surface area contributed by atoms with Crippen LogP contribution in [0.5, 0.6) is 0 Å². The number of hydrogen-bond donors (Lipinski definition) is 2. The molecule has 0 fully saturated rings. The first-order valence-corrected chi connectivity index (χ1v) is 6.82. The number of carbonyl (C=O) groups is 1. The number of rotatable bonds is 4. The van der Waals surface area contributed by atoms with Crippen molar-refractivity contribution < 1.29 is 4.79 Å². The van der Waals surface area contributed by atoms with Crippen molar-refractivity contribution >= 4 is 33.2 Å². The molecule has 1 amide bonds. The molecule has 100 valence electrons. The van der Waals surface area contributed by atoms with Gasteiger partial charge in [0.05, 0.1) is 6.54 Å². The Morgan fingerprint density at radius 3 is 2.60 bits per heavy atom. The highest BCUT2D eigenvalue weighted by atomic mass is 79.9. The zero-order valence-corrected chi connectivity index (χ0v) is 12.3. The Hall–Kier alpha value is -2.25. The number of carbonyl (C=O) groups excluding carboxylic acids is 1. The fraction of sp³-hybridized carbons (Fsp3) is 0.0625. The summed E-state index contributed by atoms with van der Waals surface area (Å²) in [6.07, 6.45) is 5.33. The van der Waals surface area contributed by atoms with Crippen LogP contribution < -0.4 is 10.6 Å². The second kappa shape index (κ2) is 6.78. The van der Waals surface area contributed by atoms with Gasteiger partial charge in [-0.25, -0.2) is 0 Å². The molecule has 0 aliphatic rings. The van der Waals surface area contributed by atoms with E-state index in [4.69, 9.17) is 6.42 Å². The highest BCUT2D eigenvalue weighted by Gasteiger charge is 2.02. The number of benzene rings is 2. The van der Waals surface area contributed by atoms with Crippen LogP contribution >= 0.6 is 15.9 Å². The Labute approximate surface area is 126 Å². The normalized spacial score (nSPS) is 9.60. The average Bonchev–Trinajstić information content (AvgIpc) is 2.48. The first kappa shape index (κ1) is 14.2. The zero-order valence-electron chi connectivity index (χ0n) is 10.7. The van der Waals surface area contributed by atoms with Gasteiger partial charge < -0.3 is 10.6 Å². The van der Waals surface area contributed by atoms with Crippen molar-refractivity contribution in [2.24, 2.45) is 0 Å². The minimum Gasteiger partial charge on any atom is -0.376 e. The van der Waals surface area contributed by atoms with Gasteiger partial charge >= 0.3 is 0 Å². The summed E-state index contributed by atoms with van der Waals surface area (Å²) in [5, 5.41) is 5.84. The Morgan fingerprint density at radius 2 is 1.90 bits per heavy atom. The fourth-order valence-electron chi connectivity index (χ4n) is 1.64. The van der Waals surface area contributed by atoms with E-state index >= 15 is 0 Å². The lowest BCUT2D eigenvalue weighted by Gasteiger charge is -2.08. The van der Waals surface area contributed by atoms with Crippen molar-refractivity contribution in [1.29, 1.82) is 0 Å². The average molecular weight is 329 g/mol. The van der Waals surface area contributed by atoms with Gasteiger partial charge in [0.1, 0.15) is 0 Å². The highest BCUT2D eigenvalue weighted by molar-refractivity contribution is 9.10. The van der Waals surface area contributed by atoms with Crippen LogP contribution in [0.4, 0.5) is 11.4 Å². The smallest absolute Gasteiger partial charge is 0.243 e. The van der Waals surface area contributed by atoms with Crippen LogP contribution in [0.2, 0.25) is 0 Å². The highest BCUT2D eigenvalue weighted by Crippen LogP contribution is 2.14. The van der Waals surface area contributed by atoms with E-state index in [-0.39, 0.29) is 12.5 Å². The molecule has 0 unspecified atom stereocenters. The summed E-state index contributed by atoms with van der Waals surface area (Å²) in [6.45, 7) is 0.185. The monoisotopic (exact) mass is 328 g/mol. The van der Waals surface area contributed by atoms with Crippen LogP contribution in [0.15, 0.2) is 53.0 Å². The predicted molar refractivity (Wildman–Crippen MR) is 85.6 cm³/mol. The standard InChI is InChI=1S/C16H13BrN2O/c1-2-12-4-3-5-15(10-12)18-11-16(20)19-14-8-6-13(17)7-9-14/h1,3-10,18H,11H2,(H,19,20). The van der Waals surface area contributed by atoms with Crippen LogP contribution in [-0.4, -0.2) is 12.5 Å². The largest absolute Gasteiger partial charge is 0.376 e. The molecule has 4 heteroatoms. The summed E-state index contributed by atoms with van der Waals surface area (Å²) in [4.78, 5) is 11.8. The van der Waals surface area contributed by atoms with E-state index in [0.29, 0.717) is 0 Å². The van der Waals surface area contributed by atoms with E-state index in [0.717, 1.165) is 21.4 Å². The number of halogens is 1. The second-order valence-corrected chi connectivity index (χ2v) is 5.05. The van der Waals surface area contributed by atoms with Gasteiger partial charge in [-0.2, -0.15) is 0 Å². The maximum atomic E-state index is 11.8. The minimum absolute atomic E-state index is 0.113. The summed E-state index contributed by atoms with van der Waals surface area (Å²) < 4.78 is 0.972. The Kier molecular flexibility index (Phi) is 4.80. The van der Waals surface area contributed by atoms with Gasteiger partial charge in [0.2, 0.25) is 5.91 Å².